The number of hydrogen-bond acceptors (Lipinski definition) is 3. The van der Waals surface area contributed by atoms with Crippen LogP contribution in [0.1, 0.15) is 12.0 Å². The van der Waals surface area contributed by atoms with Crippen LogP contribution in [0.3, 0.4) is 0 Å². The Kier molecular flexibility index (Phi) is 5.30. The zero-order valence-corrected chi connectivity index (χ0v) is 11.9. The van der Waals surface area contributed by atoms with Crippen molar-refractivity contribution in [2.45, 2.75) is 24.1 Å². The second kappa shape index (κ2) is 7.00. The van der Waals surface area contributed by atoms with Gasteiger partial charge in [-0.05, 0) is 5.56 Å². The fraction of sp³-hybridized carbons (Fsp3) is 0.357. The van der Waals surface area contributed by atoms with Crippen LogP contribution in [0.25, 0.3) is 6.08 Å². The molecule has 1 fully saturated rings. The van der Waals surface area contributed by atoms with E-state index in [1.165, 1.54) is 11.8 Å². The summed E-state index contributed by atoms with van der Waals surface area (Å²) in [6, 6.07) is 7.81. The van der Waals surface area contributed by atoms with E-state index in [-0.39, 0.29) is 0 Å². The lowest BCUT2D eigenvalue weighted by Crippen LogP contribution is -2.59. The van der Waals surface area contributed by atoms with Crippen LogP contribution < -0.4 is 10.6 Å². The molecule has 0 bridgehead atoms. The quantitative estimate of drug-likeness (QED) is 0.897. The Bertz CT molecular complexity index is 505. The van der Waals surface area contributed by atoms with E-state index in [9.17, 15) is 18.0 Å². The Morgan fingerprint density at radius 3 is 2.67 bits per heavy atom. The number of rotatable bonds is 4. The second-order valence-electron chi connectivity index (χ2n) is 4.56. The molecule has 1 aliphatic heterocycles. The molecular weight excluding hydrogens is 301 g/mol. The van der Waals surface area contributed by atoms with Crippen LogP contribution >= 0.6 is 11.8 Å². The van der Waals surface area contributed by atoms with Crippen molar-refractivity contribution in [3.8, 4) is 0 Å². The summed E-state index contributed by atoms with van der Waals surface area (Å²) in [5, 5.41) is 4.89. The fourth-order valence-electron chi connectivity index (χ4n) is 1.87. The topological polar surface area (TPSA) is 41.1 Å². The zero-order chi connectivity index (χ0) is 15.3. The summed E-state index contributed by atoms with van der Waals surface area (Å²) in [5.41, 5.74) is 0.296. The number of amides is 1. The minimum Gasteiger partial charge on any atom is -0.332 e. The van der Waals surface area contributed by atoms with E-state index in [1.54, 1.807) is 0 Å². The minimum atomic E-state index is -4.41. The number of carbonyl (C=O) groups is 1. The van der Waals surface area contributed by atoms with E-state index < -0.39 is 30.0 Å². The third kappa shape index (κ3) is 5.09. The number of benzene rings is 1. The maximum absolute atomic E-state index is 12.6. The summed E-state index contributed by atoms with van der Waals surface area (Å²) in [7, 11) is 0. The summed E-state index contributed by atoms with van der Waals surface area (Å²) in [6.45, 7) is 0. The fourth-order valence-corrected chi connectivity index (χ4v) is 2.75. The Hall–Kier alpha value is -1.47. The molecular formula is C14H15F3N2OS. The molecule has 2 N–H and O–H groups in total. The first-order valence-electron chi connectivity index (χ1n) is 6.40. The highest BCUT2D eigenvalue weighted by Gasteiger charge is 2.44. The van der Waals surface area contributed by atoms with E-state index in [4.69, 9.17) is 0 Å². The van der Waals surface area contributed by atoms with Gasteiger partial charge in [0, 0.05) is 5.75 Å². The van der Waals surface area contributed by atoms with Gasteiger partial charge in [0.25, 0.3) is 0 Å². The summed E-state index contributed by atoms with van der Waals surface area (Å²) in [6.07, 6.45) is -1.24. The summed E-state index contributed by atoms with van der Waals surface area (Å²) in [4.78, 5) is 11.3. The first kappa shape index (κ1) is 15.9. The monoisotopic (exact) mass is 316 g/mol. The summed E-state index contributed by atoms with van der Waals surface area (Å²) < 4.78 is 37.9. The van der Waals surface area contributed by atoms with Crippen LogP contribution in [0.5, 0.6) is 0 Å². The third-order valence-corrected chi connectivity index (χ3v) is 3.87. The number of halogens is 3. The molecule has 114 valence electrons. The molecule has 1 saturated heterocycles. The average Bonchev–Trinajstić information content (AvgIpc) is 2.43. The van der Waals surface area contributed by atoms with Crippen LogP contribution in [0.2, 0.25) is 0 Å². The van der Waals surface area contributed by atoms with Crippen molar-refractivity contribution < 1.29 is 18.0 Å². The van der Waals surface area contributed by atoms with Crippen molar-refractivity contribution in [1.82, 2.24) is 10.6 Å². The summed E-state index contributed by atoms with van der Waals surface area (Å²) in [5.74, 6) is -0.0853. The molecule has 2 unspecified atom stereocenters. The highest BCUT2D eigenvalue weighted by Crippen LogP contribution is 2.26. The van der Waals surface area contributed by atoms with Gasteiger partial charge >= 0.3 is 6.18 Å². The van der Waals surface area contributed by atoms with Gasteiger partial charge in [0.05, 0.1) is 6.42 Å². The molecule has 1 aromatic rings. The van der Waals surface area contributed by atoms with Gasteiger partial charge in [-0.1, -0.05) is 42.5 Å². The van der Waals surface area contributed by atoms with E-state index in [2.05, 4.69) is 10.6 Å². The normalized spacial score (nSPS) is 23.3. The molecule has 0 spiro atoms. The lowest BCUT2D eigenvalue weighted by molar-refractivity contribution is -0.167. The highest BCUT2D eigenvalue weighted by molar-refractivity contribution is 8.00. The van der Waals surface area contributed by atoms with Crippen LogP contribution in [0, 0.1) is 0 Å². The smallest absolute Gasteiger partial charge is 0.332 e. The third-order valence-electron chi connectivity index (χ3n) is 2.90. The molecule has 0 saturated carbocycles. The van der Waals surface area contributed by atoms with Crippen molar-refractivity contribution in [3.63, 3.8) is 0 Å². The largest absolute Gasteiger partial charge is 0.404 e. The maximum Gasteiger partial charge on any atom is 0.404 e. The minimum absolute atomic E-state index is 0.497. The van der Waals surface area contributed by atoms with Gasteiger partial charge in [0.2, 0.25) is 5.91 Å². The standard InChI is InChI=1S/C14H15F3N2OS/c15-14(16,17)11-9-12(20)19-13(18-11)21-8-4-7-10-5-2-1-3-6-10/h1-7,11,13,18H,8-9H2,(H,19,20)/b7-4+. The molecule has 0 aromatic heterocycles. The number of hydrogen-bond donors (Lipinski definition) is 2. The Labute approximate surface area is 125 Å². The van der Waals surface area contributed by atoms with Crippen LogP contribution in [0.4, 0.5) is 13.2 Å². The first-order chi connectivity index (χ1) is 9.95. The Balaban J connectivity index is 1.82. The first-order valence-corrected chi connectivity index (χ1v) is 7.45. The van der Waals surface area contributed by atoms with E-state index in [1.807, 2.05) is 42.5 Å². The van der Waals surface area contributed by atoms with Crippen LogP contribution in [-0.4, -0.2) is 29.4 Å². The van der Waals surface area contributed by atoms with E-state index in [0.29, 0.717) is 5.75 Å². The second-order valence-corrected chi connectivity index (χ2v) is 5.70. The number of thioether (sulfide) groups is 1. The predicted molar refractivity (Wildman–Crippen MR) is 77.5 cm³/mol. The van der Waals surface area contributed by atoms with Crippen molar-refractivity contribution in [3.05, 3.63) is 42.0 Å². The molecule has 3 nitrogen and oxygen atoms in total. The molecule has 1 aliphatic rings. The van der Waals surface area contributed by atoms with Gasteiger partial charge in [-0.15, -0.1) is 11.8 Å². The summed E-state index contributed by atoms with van der Waals surface area (Å²) >= 11 is 1.21. The molecule has 1 heterocycles. The Morgan fingerprint density at radius 2 is 2.00 bits per heavy atom. The maximum atomic E-state index is 12.6. The van der Waals surface area contributed by atoms with Crippen LogP contribution in [0.15, 0.2) is 36.4 Å². The van der Waals surface area contributed by atoms with Gasteiger partial charge in [-0.2, -0.15) is 13.2 Å². The van der Waals surface area contributed by atoms with E-state index >= 15 is 0 Å². The lowest BCUT2D eigenvalue weighted by atomic mass is 10.1. The molecule has 1 aromatic carbocycles. The molecule has 2 atom stereocenters. The zero-order valence-electron chi connectivity index (χ0n) is 11.1. The average molecular weight is 316 g/mol. The Morgan fingerprint density at radius 1 is 1.29 bits per heavy atom. The highest BCUT2D eigenvalue weighted by atomic mass is 32.2. The van der Waals surface area contributed by atoms with Crippen molar-refractivity contribution in [1.29, 1.82) is 0 Å². The molecule has 21 heavy (non-hydrogen) atoms. The van der Waals surface area contributed by atoms with Gasteiger partial charge in [-0.3, -0.25) is 10.1 Å². The molecule has 0 radical (unpaired) electrons. The number of nitrogens with one attached hydrogen (secondary N) is 2. The van der Waals surface area contributed by atoms with Gasteiger partial charge in [0.1, 0.15) is 11.5 Å². The molecule has 1 amide bonds. The number of carbonyl (C=O) groups excluding carboxylic acids is 1. The lowest BCUT2D eigenvalue weighted by Gasteiger charge is -2.32. The predicted octanol–water partition coefficient (Wildman–Crippen LogP) is 2.76. The molecule has 7 heteroatoms. The van der Waals surface area contributed by atoms with Crippen LogP contribution in [-0.2, 0) is 4.79 Å². The van der Waals surface area contributed by atoms with Gasteiger partial charge in [-0.25, -0.2) is 0 Å². The SMILES string of the molecule is O=C1CC(C(F)(F)F)NC(SC/C=C/c2ccccc2)N1. The van der Waals surface area contributed by atoms with Gasteiger partial charge < -0.3 is 5.32 Å². The van der Waals surface area contributed by atoms with Crippen molar-refractivity contribution >= 4 is 23.7 Å². The van der Waals surface area contributed by atoms with Crippen molar-refractivity contribution in [2.75, 3.05) is 5.75 Å². The van der Waals surface area contributed by atoms with Crippen molar-refractivity contribution in [2.24, 2.45) is 0 Å². The molecule has 2 rings (SSSR count). The number of alkyl halides is 3. The van der Waals surface area contributed by atoms with Gasteiger partial charge in [0.15, 0.2) is 0 Å². The van der Waals surface area contributed by atoms with E-state index in [0.717, 1.165) is 5.56 Å². The molecule has 0 aliphatic carbocycles.